The van der Waals surface area contributed by atoms with Crippen molar-refractivity contribution in [3.05, 3.63) is 65.9 Å². The van der Waals surface area contributed by atoms with Crippen molar-refractivity contribution in [3.63, 3.8) is 0 Å². The zero-order valence-electron chi connectivity index (χ0n) is 24.2. The van der Waals surface area contributed by atoms with Gasteiger partial charge in [0.2, 0.25) is 5.95 Å². The molecule has 3 rings (SSSR count). The number of hydrogen-bond donors (Lipinski definition) is 2. The van der Waals surface area contributed by atoms with E-state index in [4.69, 9.17) is 14.2 Å². The normalized spacial score (nSPS) is 11.6. The van der Waals surface area contributed by atoms with E-state index in [2.05, 4.69) is 20.6 Å². The molecule has 0 bridgehead atoms. The number of ether oxygens (including phenoxy) is 3. The number of carbonyl (C=O) groups excluding carboxylic acids is 1. The largest absolute Gasteiger partial charge is 0.491 e. The Morgan fingerprint density at radius 1 is 1.05 bits per heavy atom. The molecule has 0 amide bonds. The van der Waals surface area contributed by atoms with Crippen LogP contribution in [0.3, 0.4) is 0 Å². The monoisotopic (exact) mass is 607 g/mol. The summed E-state index contributed by atoms with van der Waals surface area (Å²) in [4.78, 5) is 19.7. The van der Waals surface area contributed by atoms with Crippen molar-refractivity contribution >= 4 is 41.1 Å². The second-order valence-electron chi connectivity index (χ2n) is 10.1. The third-order valence-electron chi connectivity index (χ3n) is 5.58. The molecule has 2 N–H and O–H groups in total. The second kappa shape index (κ2) is 15.0. The Kier molecular flexibility index (Phi) is 11.7. The maximum absolute atomic E-state index is 13.7. The summed E-state index contributed by atoms with van der Waals surface area (Å²) in [6, 6.07) is 14.3. The molecule has 0 spiro atoms. The van der Waals surface area contributed by atoms with Crippen LogP contribution in [-0.4, -0.2) is 54.7 Å². The minimum absolute atomic E-state index is 0.00780. The van der Waals surface area contributed by atoms with Crippen LogP contribution in [0.15, 0.2) is 54.7 Å². The highest BCUT2D eigenvalue weighted by molar-refractivity contribution is 7.99. The summed E-state index contributed by atoms with van der Waals surface area (Å²) in [5.74, 6) is -0.0686. The highest BCUT2D eigenvalue weighted by Crippen LogP contribution is 2.34. The van der Waals surface area contributed by atoms with E-state index >= 15 is 0 Å². The first kappa shape index (κ1) is 32.8. The lowest BCUT2D eigenvalue weighted by atomic mass is 10.2. The van der Waals surface area contributed by atoms with Crippen molar-refractivity contribution in [2.75, 3.05) is 48.1 Å². The minimum atomic E-state index is -4.62. The number of nitrogens with one attached hydrogen (secondary N) is 2. The van der Waals surface area contributed by atoms with Gasteiger partial charge in [-0.25, -0.2) is 4.98 Å². The van der Waals surface area contributed by atoms with Gasteiger partial charge in [-0.2, -0.15) is 18.2 Å². The van der Waals surface area contributed by atoms with Crippen molar-refractivity contribution in [1.82, 2.24) is 9.97 Å². The first-order chi connectivity index (χ1) is 19.8. The fourth-order valence-electron chi connectivity index (χ4n) is 3.57. The SMILES string of the molecule is CSN(C)c1cccc(CNc2nc(Nc3ccc(OCCOCCC(=O)OC(C)(C)C)cc3)ncc2C(F)(F)F)c1. The Balaban J connectivity index is 1.54. The Bertz CT molecular complexity index is 1300. The third-order valence-corrected chi connectivity index (χ3v) is 6.34. The van der Waals surface area contributed by atoms with E-state index in [0.29, 0.717) is 11.4 Å². The first-order valence-corrected chi connectivity index (χ1v) is 14.4. The number of halogens is 3. The zero-order valence-corrected chi connectivity index (χ0v) is 25.1. The van der Waals surface area contributed by atoms with Gasteiger partial charge in [-0.15, -0.1) is 0 Å². The van der Waals surface area contributed by atoms with Gasteiger partial charge in [0.15, 0.2) is 0 Å². The first-order valence-electron chi connectivity index (χ1n) is 13.2. The van der Waals surface area contributed by atoms with Crippen LogP contribution in [-0.2, 0) is 27.0 Å². The molecular weight excluding hydrogens is 571 g/mol. The van der Waals surface area contributed by atoms with Crippen molar-refractivity contribution in [2.24, 2.45) is 0 Å². The zero-order chi connectivity index (χ0) is 30.8. The van der Waals surface area contributed by atoms with Gasteiger partial charge in [0.1, 0.15) is 29.3 Å². The van der Waals surface area contributed by atoms with Crippen molar-refractivity contribution in [2.45, 2.75) is 45.5 Å². The predicted molar refractivity (Wildman–Crippen MR) is 159 cm³/mol. The summed E-state index contributed by atoms with van der Waals surface area (Å²) in [6.07, 6.45) is -1.77. The molecule has 0 radical (unpaired) electrons. The maximum atomic E-state index is 13.7. The lowest BCUT2D eigenvalue weighted by Crippen LogP contribution is -2.24. The van der Waals surface area contributed by atoms with Gasteiger partial charge in [0, 0.05) is 37.4 Å². The van der Waals surface area contributed by atoms with Crippen LogP contribution in [0.25, 0.3) is 0 Å². The van der Waals surface area contributed by atoms with Crippen LogP contribution >= 0.6 is 11.9 Å². The van der Waals surface area contributed by atoms with Crippen molar-refractivity contribution in [1.29, 1.82) is 0 Å². The number of rotatable bonds is 14. The summed E-state index contributed by atoms with van der Waals surface area (Å²) in [6.45, 7) is 6.35. The van der Waals surface area contributed by atoms with Crippen LogP contribution < -0.4 is 19.7 Å². The number of nitrogens with zero attached hydrogens (tertiary/aromatic N) is 3. The van der Waals surface area contributed by atoms with E-state index in [-0.39, 0.29) is 50.5 Å². The van der Waals surface area contributed by atoms with Gasteiger partial charge in [-0.05, 0) is 62.7 Å². The maximum Gasteiger partial charge on any atom is 0.421 e. The van der Waals surface area contributed by atoms with Crippen LogP contribution in [0.5, 0.6) is 5.75 Å². The van der Waals surface area contributed by atoms with E-state index in [9.17, 15) is 18.0 Å². The molecule has 1 heterocycles. The molecule has 0 atom stereocenters. The molecule has 0 fully saturated rings. The molecule has 13 heteroatoms. The number of aromatic nitrogens is 2. The average Bonchev–Trinajstić information content (AvgIpc) is 2.93. The molecule has 1 aromatic heterocycles. The van der Waals surface area contributed by atoms with Crippen molar-refractivity contribution < 1.29 is 32.2 Å². The van der Waals surface area contributed by atoms with E-state index in [1.807, 2.05) is 41.9 Å². The lowest BCUT2D eigenvalue weighted by molar-refractivity contribution is -0.156. The van der Waals surface area contributed by atoms with E-state index < -0.39 is 17.3 Å². The van der Waals surface area contributed by atoms with Crippen molar-refractivity contribution in [3.8, 4) is 5.75 Å². The molecule has 9 nitrogen and oxygen atoms in total. The summed E-state index contributed by atoms with van der Waals surface area (Å²) in [5, 5.41) is 5.74. The van der Waals surface area contributed by atoms with Gasteiger partial charge in [0.05, 0.1) is 19.6 Å². The van der Waals surface area contributed by atoms with Crippen LogP contribution in [0.2, 0.25) is 0 Å². The fourth-order valence-corrected chi connectivity index (χ4v) is 3.89. The summed E-state index contributed by atoms with van der Waals surface area (Å²) in [5.41, 5.74) is 0.814. The summed E-state index contributed by atoms with van der Waals surface area (Å²) in [7, 11) is 1.91. The number of hydrogen-bond acceptors (Lipinski definition) is 10. The van der Waals surface area contributed by atoms with E-state index in [1.165, 1.54) is 11.9 Å². The van der Waals surface area contributed by atoms with Gasteiger partial charge >= 0.3 is 12.1 Å². The fraction of sp³-hybridized carbons (Fsp3) is 0.414. The second-order valence-corrected chi connectivity index (χ2v) is 11.0. The smallest absolute Gasteiger partial charge is 0.421 e. The average molecular weight is 608 g/mol. The standard InChI is InChI=1S/C29H36F3N5O4S/c1-28(2,3)41-25(38)13-14-39-15-16-40-23-11-9-21(10-12-23)35-27-34-19-24(29(30,31)32)26(36-27)33-18-20-7-6-8-22(17-20)37(4)42-5/h6-12,17,19H,13-16,18H2,1-5H3,(H2,33,34,35,36). The number of carbonyl (C=O) groups is 1. The third kappa shape index (κ3) is 10.9. The highest BCUT2D eigenvalue weighted by Gasteiger charge is 2.35. The molecule has 0 saturated heterocycles. The van der Waals surface area contributed by atoms with Gasteiger partial charge in [-0.3, -0.25) is 4.79 Å². The van der Waals surface area contributed by atoms with Crippen LogP contribution in [0, 0.1) is 0 Å². The molecule has 0 aliphatic rings. The Labute approximate surface area is 248 Å². The van der Waals surface area contributed by atoms with Gasteiger partial charge < -0.3 is 29.1 Å². The van der Waals surface area contributed by atoms with E-state index in [1.54, 1.807) is 45.0 Å². The molecule has 3 aromatic rings. The molecule has 0 saturated carbocycles. The highest BCUT2D eigenvalue weighted by atomic mass is 32.2. The molecule has 228 valence electrons. The predicted octanol–water partition coefficient (Wildman–Crippen LogP) is 6.69. The molecule has 42 heavy (non-hydrogen) atoms. The Morgan fingerprint density at radius 3 is 2.45 bits per heavy atom. The topological polar surface area (TPSA) is 97.8 Å². The van der Waals surface area contributed by atoms with Crippen LogP contribution in [0.1, 0.15) is 38.3 Å². The number of benzene rings is 2. The Hall–Kier alpha value is -3.71. The van der Waals surface area contributed by atoms with Crippen LogP contribution in [0.4, 0.5) is 36.3 Å². The molecule has 0 aliphatic heterocycles. The molecule has 0 unspecified atom stereocenters. The van der Waals surface area contributed by atoms with Gasteiger partial charge in [0.25, 0.3) is 0 Å². The molecular formula is C29H36F3N5O4S. The summed E-state index contributed by atoms with van der Waals surface area (Å²) >= 11 is 1.53. The molecule has 0 aliphatic carbocycles. The number of alkyl halides is 3. The Morgan fingerprint density at radius 2 is 1.79 bits per heavy atom. The number of anilines is 4. The van der Waals surface area contributed by atoms with E-state index in [0.717, 1.165) is 17.4 Å². The quantitative estimate of drug-likeness (QED) is 0.117. The van der Waals surface area contributed by atoms with Gasteiger partial charge in [-0.1, -0.05) is 24.1 Å². The summed E-state index contributed by atoms with van der Waals surface area (Å²) < 4.78 is 59.2. The number of esters is 1. The lowest BCUT2D eigenvalue weighted by Gasteiger charge is -2.19. The minimum Gasteiger partial charge on any atom is -0.491 e. The molecule has 2 aromatic carbocycles.